The lowest BCUT2D eigenvalue weighted by Gasteiger charge is -2.06. The van der Waals surface area contributed by atoms with Crippen molar-refractivity contribution in [2.75, 3.05) is 6.61 Å². The highest BCUT2D eigenvalue weighted by Crippen LogP contribution is 2.18. The Labute approximate surface area is 115 Å². The summed E-state index contributed by atoms with van der Waals surface area (Å²) in [4.78, 5) is 14.7. The number of ether oxygens (including phenoxy) is 1. The number of hydrogen-bond acceptors (Lipinski definition) is 3. The number of benzene rings is 1. The molecule has 1 aromatic carbocycles. The molecule has 4 nitrogen and oxygen atoms in total. The molecule has 1 heterocycles. The first-order chi connectivity index (χ1) is 9.16. The lowest BCUT2D eigenvalue weighted by molar-refractivity contribution is 0.0689. The van der Waals surface area contributed by atoms with Crippen molar-refractivity contribution in [3.8, 4) is 5.88 Å². The topological polar surface area (TPSA) is 59.4 Å². The molecule has 5 heteroatoms. The predicted octanol–water partition coefficient (Wildman–Crippen LogP) is 3.05. The zero-order valence-electron chi connectivity index (χ0n) is 10.0. The van der Waals surface area contributed by atoms with Crippen LogP contribution in [0, 0.1) is 0 Å². The van der Waals surface area contributed by atoms with Gasteiger partial charge in [0.15, 0.2) is 5.69 Å². The van der Waals surface area contributed by atoms with Crippen LogP contribution in [-0.4, -0.2) is 22.7 Å². The van der Waals surface area contributed by atoms with Gasteiger partial charge in [0.05, 0.1) is 11.6 Å². The SMILES string of the molecule is O=C(O)c1nc(OCCc2ccccc2)ccc1Cl. The van der Waals surface area contributed by atoms with E-state index in [1.54, 1.807) is 6.07 Å². The summed E-state index contributed by atoms with van der Waals surface area (Å²) in [6, 6.07) is 12.9. The van der Waals surface area contributed by atoms with Gasteiger partial charge in [-0.15, -0.1) is 0 Å². The molecule has 0 spiro atoms. The molecule has 0 unspecified atom stereocenters. The van der Waals surface area contributed by atoms with Gasteiger partial charge in [-0.1, -0.05) is 41.9 Å². The molecule has 19 heavy (non-hydrogen) atoms. The minimum Gasteiger partial charge on any atom is -0.477 e. The molecular formula is C14H12ClNO3. The maximum absolute atomic E-state index is 10.9. The number of rotatable bonds is 5. The standard InChI is InChI=1S/C14H12ClNO3/c15-11-6-7-12(16-13(11)14(17)18)19-9-8-10-4-2-1-3-5-10/h1-7H,8-9H2,(H,17,18). The van der Waals surface area contributed by atoms with Crippen LogP contribution in [0.15, 0.2) is 42.5 Å². The summed E-state index contributed by atoms with van der Waals surface area (Å²) in [5.74, 6) is -0.906. The summed E-state index contributed by atoms with van der Waals surface area (Å²) >= 11 is 5.72. The van der Waals surface area contributed by atoms with Gasteiger partial charge in [-0.25, -0.2) is 9.78 Å². The number of nitrogens with zero attached hydrogens (tertiary/aromatic N) is 1. The lowest BCUT2D eigenvalue weighted by atomic mass is 10.2. The third-order valence-corrected chi connectivity index (χ3v) is 2.81. The Bertz CT molecular complexity index is 572. The summed E-state index contributed by atoms with van der Waals surface area (Å²) in [5, 5.41) is 8.99. The van der Waals surface area contributed by atoms with E-state index in [1.807, 2.05) is 30.3 Å². The van der Waals surface area contributed by atoms with E-state index >= 15 is 0 Å². The number of pyridine rings is 1. The summed E-state index contributed by atoms with van der Waals surface area (Å²) in [6.45, 7) is 0.428. The summed E-state index contributed by atoms with van der Waals surface area (Å²) in [5.41, 5.74) is 0.953. The highest BCUT2D eigenvalue weighted by atomic mass is 35.5. The van der Waals surface area contributed by atoms with Crippen molar-refractivity contribution >= 4 is 17.6 Å². The molecule has 0 saturated carbocycles. The summed E-state index contributed by atoms with van der Waals surface area (Å²) in [7, 11) is 0. The second-order valence-corrected chi connectivity index (χ2v) is 4.28. The number of hydrogen-bond donors (Lipinski definition) is 1. The monoisotopic (exact) mass is 277 g/mol. The highest BCUT2D eigenvalue weighted by molar-refractivity contribution is 6.33. The van der Waals surface area contributed by atoms with Crippen LogP contribution in [0.5, 0.6) is 5.88 Å². The number of aromatic carboxylic acids is 1. The number of carboxylic acids is 1. The molecular weight excluding hydrogens is 266 g/mol. The fraction of sp³-hybridized carbons (Fsp3) is 0.143. The molecule has 0 aliphatic carbocycles. The van der Waals surface area contributed by atoms with E-state index in [4.69, 9.17) is 21.4 Å². The van der Waals surface area contributed by atoms with Crippen LogP contribution in [0.25, 0.3) is 0 Å². The van der Waals surface area contributed by atoms with Crippen molar-refractivity contribution in [1.82, 2.24) is 4.98 Å². The van der Waals surface area contributed by atoms with E-state index in [0.717, 1.165) is 12.0 Å². The third kappa shape index (κ3) is 3.69. The van der Waals surface area contributed by atoms with Crippen molar-refractivity contribution in [3.05, 3.63) is 58.7 Å². The molecule has 0 saturated heterocycles. The summed E-state index contributed by atoms with van der Waals surface area (Å²) in [6.07, 6.45) is 0.730. The van der Waals surface area contributed by atoms with Crippen molar-refractivity contribution in [2.24, 2.45) is 0 Å². The Morgan fingerprint density at radius 1 is 1.21 bits per heavy atom. The Morgan fingerprint density at radius 3 is 2.63 bits per heavy atom. The number of aromatic nitrogens is 1. The molecule has 1 aromatic heterocycles. The molecule has 2 rings (SSSR count). The van der Waals surface area contributed by atoms with Crippen molar-refractivity contribution in [1.29, 1.82) is 0 Å². The van der Waals surface area contributed by atoms with Crippen LogP contribution in [0.2, 0.25) is 5.02 Å². The van der Waals surface area contributed by atoms with Crippen molar-refractivity contribution in [3.63, 3.8) is 0 Å². The zero-order chi connectivity index (χ0) is 13.7. The first-order valence-corrected chi connectivity index (χ1v) is 6.11. The Hall–Kier alpha value is -2.07. The van der Waals surface area contributed by atoms with Crippen molar-refractivity contribution in [2.45, 2.75) is 6.42 Å². The largest absolute Gasteiger partial charge is 0.477 e. The normalized spacial score (nSPS) is 10.2. The average Bonchev–Trinajstić information content (AvgIpc) is 2.41. The molecule has 0 amide bonds. The molecule has 0 fully saturated rings. The minimum absolute atomic E-state index is 0.0999. The first kappa shape index (κ1) is 13.4. The zero-order valence-corrected chi connectivity index (χ0v) is 10.8. The Balaban J connectivity index is 1.97. The van der Waals surface area contributed by atoms with E-state index in [9.17, 15) is 4.79 Å². The van der Waals surface area contributed by atoms with Crippen LogP contribution in [-0.2, 0) is 6.42 Å². The molecule has 0 bridgehead atoms. The molecule has 0 atom stereocenters. The van der Waals surface area contributed by atoms with E-state index in [-0.39, 0.29) is 16.6 Å². The van der Waals surface area contributed by atoms with E-state index < -0.39 is 5.97 Å². The van der Waals surface area contributed by atoms with Gasteiger partial charge in [0.25, 0.3) is 0 Å². The van der Waals surface area contributed by atoms with Gasteiger partial charge in [-0.2, -0.15) is 0 Å². The van der Waals surface area contributed by atoms with Gasteiger partial charge in [0.1, 0.15) is 0 Å². The third-order valence-electron chi connectivity index (χ3n) is 2.51. The van der Waals surface area contributed by atoms with Crippen LogP contribution in [0.3, 0.4) is 0 Å². The van der Waals surface area contributed by atoms with Crippen LogP contribution in [0.4, 0.5) is 0 Å². The molecule has 1 N–H and O–H groups in total. The summed E-state index contributed by atoms with van der Waals surface area (Å²) < 4.78 is 5.42. The first-order valence-electron chi connectivity index (χ1n) is 5.73. The maximum atomic E-state index is 10.9. The van der Waals surface area contributed by atoms with Crippen LogP contribution in [0.1, 0.15) is 16.1 Å². The molecule has 0 radical (unpaired) electrons. The van der Waals surface area contributed by atoms with Crippen LogP contribution < -0.4 is 4.74 Å². The average molecular weight is 278 g/mol. The molecule has 98 valence electrons. The maximum Gasteiger partial charge on any atom is 0.356 e. The minimum atomic E-state index is -1.17. The fourth-order valence-electron chi connectivity index (χ4n) is 1.57. The van der Waals surface area contributed by atoms with E-state index in [2.05, 4.69) is 4.98 Å². The molecule has 0 aliphatic heterocycles. The fourth-order valence-corrected chi connectivity index (χ4v) is 1.76. The molecule has 2 aromatic rings. The smallest absolute Gasteiger partial charge is 0.356 e. The van der Waals surface area contributed by atoms with E-state index in [1.165, 1.54) is 6.07 Å². The number of halogens is 1. The van der Waals surface area contributed by atoms with Gasteiger partial charge in [0, 0.05) is 12.5 Å². The van der Waals surface area contributed by atoms with Crippen LogP contribution >= 0.6 is 11.6 Å². The van der Waals surface area contributed by atoms with Gasteiger partial charge in [0.2, 0.25) is 5.88 Å². The molecule has 0 aliphatic rings. The lowest BCUT2D eigenvalue weighted by Crippen LogP contribution is -2.06. The number of carbonyl (C=O) groups is 1. The van der Waals surface area contributed by atoms with Gasteiger partial charge < -0.3 is 9.84 Å². The van der Waals surface area contributed by atoms with Crippen molar-refractivity contribution < 1.29 is 14.6 Å². The highest BCUT2D eigenvalue weighted by Gasteiger charge is 2.11. The second kappa shape index (κ2) is 6.20. The second-order valence-electron chi connectivity index (χ2n) is 3.87. The van der Waals surface area contributed by atoms with Gasteiger partial charge in [-0.05, 0) is 11.6 Å². The quantitative estimate of drug-likeness (QED) is 0.912. The Kier molecular flexibility index (Phi) is 4.36. The van der Waals surface area contributed by atoms with Gasteiger partial charge in [-0.3, -0.25) is 0 Å². The van der Waals surface area contributed by atoms with Gasteiger partial charge >= 0.3 is 5.97 Å². The predicted molar refractivity (Wildman–Crippen MR) is 71.8 cm³/mol. The Morgan fingerprint density at radius 2 is 1.95 bits per heavy atom. The van der Waals surface area contributed by atoms with E-state index in [0.29, 0.717) is 6.61 Å². The number of carboxylic acid groups (broad SMARTS) is 1.